The fraction of sp³-hybridized carbons (Fsp3) is 0.500. The SMILES string of the molecule is Nc1nc(NC2CCS(=O)(=O)CC2)c(F)cc1F. The molecule has 0 bridgehead atoms. The molecule has 18 heavy (non-hydrogen) atoms. The summed E-state index contributed by atoms with van der Waals surface area (Å²) in [4.78, 5) is 3.57. The van der Waals surface area contributed by atoms with E-state index in [0.717, 1.165) is 0 Å². The van der Waals surface area contributed by atoms with Gasteiger partial charge in [0.25, 0.3) is 0 Å². The molecule has 0 atom stereocenters. The van der Waals surface area contributed by atoms with Crippen molar-refractivity contribution in [3.05, 3.63) is 17.7 Å². The van der Waals surface area contributed by atoms with E-state index in [4.69, 9.17) is 5.73 Å². The third kappa shape index (κ3) is 2.87. The van der Waals surface area contributed by atoms with Gasteiger partial charge in [-0.1, -0.05) is 0 Å². The monoisotopic (exact) mass is 277 g/mol. The number of anilines is 2. The summed E-state index contributed by atoms with van der Waals surface area (Å²) in [6.45, 7) is 0. The molecule has 0 saturated carbocycles. The highest BCUT2D eigenvalue weighted by atomic mass is 32.2. The Morgan fingerprint density at radius 1 is 1.28 bits per heavy atom. The van der Waals surface area contributed by atoms with E-state index in [1.54, 1.807) is 0 Å². The minimum Gasteiger partial charge on any atom is -0.381 e. The molecule has 1 aliphatic heterocycles. The van der Waals surface area contributed by atoms with Crippen LogP contribution in [0.15, 0.2) is 6.07 Å². The highest BCUT2D eigenvalue weighted by molar-refractivity contribution is 7.91. The first kappa shape index (κ1) is 13.0. The number of nitrogens with one attached hydrogen (secondary N) is 1. The van der Waals surface area contributed by atoms with Crippen molar-refractivity contribution in [1.82, 2.24) is 4.98 Å². The molecular weight excluding hydrogens is 264 g/mol. The lowest BCUT2D eigenvalue weighted by Gasteiger charge is -2.23. The second-order valence-electron chi connectivity index (χ2n) is 4.26. The summed E-state index contributed by atoms with van der Waals surface area (Å²) in [5.41, 5.74) is 5.25. The largest absolute Gasteiger partial charge is 0.381 e. The van der Waals surface area contributed by atoms with Crippen molar-refractivity contribution in [2.75, 3.05) is 22.6 Å². The van der Waals surface area contributed by atoms with Gasteiger partial charge in [0.15, 0.2) is 23.3 Å². The third-order valence-corrected chi connectivity index (χ3v) is 4.57. The average Bonchev–Trinajstić information content (AvgIpc) is 2.28. The van der Waals surface area contributed by atoms with Gasteiger partial charge in [-0.25, -0.2) is 22.2 Å². The standard InChI is InChI=1S/C10H13F2N3O2S/c11-7-5-8(12)10(15-9(7)13)14-6-1-3-18(16,17)4-2-6/h5-6H,1-4H2,(H3,13,14,15). The summed E-state index contributed by atoms with van der Waals surface area (Å²) in [5.74, 6) is -2.16. The Labute approximate surface area is 103 Å². The zero-order valence-corrected chi connectivity index (χ0v) is 10.3. The molecule has 3 N–H and O–H groups in total. The van der Waals surface area contributed by atoms with Crippen molar-refractivity contribution in [3.63, 3.8) is 0 Å². The van der Waals surface area contributed by atoms with Crippen LogP contribution in [0.3, 0.4) is 0 Å². The Kier molecular flexibility index (Phi) is 3.38. The van der Waals surface area contributed by atoms with Crippen LogP contribution in [0.4, 0.5) is 20.4 Å². The van der Waals surface area contributed by atoms with Crippen LogP contribution in [0.2, 0.25) is 0 Å². The quantitative estimate of drug-likeness (QED) is 0.840. The molecule has 2 rings (SSSR count). The van der Waals surface area contributed by atoms with Crippen molar-refractivity contribution >= 4 is 21.5 Å². The second kappa shape index (κ2) is 4.68. The smallest absolute Gasteiger partial charge is 0.168 e. The Bertz CT molecular complexity index is 548. The first-order valence-corrected chi connectivity index (χ1v) is 7.28. The van der Waals surface area contributed by atoms with Crippen LogP contribution >= 0.6 is 0 Å². The molecule has 1 saturated heterocycles. The van der Waals surface area contributed by atoms with Gasteiger partial charge < -0.3 is 11.1 Å². The van der Waals surface area contributed by atoms with Crippen LogP contribution in [-0.2, 0) is 9.84 Å². The normalized spacial score (nSPS) is 19.7. The summed E-state index contributed by atoms with van der Waals surface area (Å²) >= 11 is 0. The maximum Gasteiger partial charge on any atom is 0.168 e. The molecule has 2 heterocycles. The van der Waals surface area contributed by atoms with Crippen LogP contribution in [0.1, 0.15) is 12.8 Å². The molecule has 1 aliphatic rings. The maximum atomic E-state index is 13.4. The molecule has 1 fully saturated rings. The van der Waals surface area contributed by atoms with Gasteiger partial charge in [0.1, 0.15) is 9.84 Å². The van der Waals surface area contributed by atoms with Gasteiger partial charge in [-0.2, -0.15) is 0 Å². The average molecular weight is 277 g/mol. The fourth-order valence-electron chi connectivity index (χ4n) is 1.81. The minimum absolute atomic E-state index is 0.0585. The molecule has 0 spiro atoms. The lowest BCUT2D eigenvalue weighted by Crippen LogP contribution is -2.32. The predicted molar refractivity (Wildman–Crippen MR) is 63.9 cm³/mol. The van der Waals surface area contributed by atoms with E-state index in [1.165, 1.54) is 0 Å². The number of nitrogen functional groups attached to an aromatic ring is 1. The number of rotatable bonds is 2. The summed E-state index contributed by atoms with van der Waals surface area (Å²) in [5, 5.41) is 2.76. The highest BCUT2D eigenvalue weighted by Crippen LogP contribution is 2.21. The molecule has 5 nitrogen and oxygen atoms in total. The van der Waals surface area contributed by atoms with Gasteiger partial charge in [0.2, 0.25) is 0 Å². The van der Waals surface area contributed by atoms with E-state index in [-0.39, 0.29) is 29.2 Å². The lowest BCUT2D eigenvalue weighted by molar-refractivity contribution is 0.552. The fourth-order valence-corrected chi connectivity index (χ4v) is 3.30. The molecule has 1 aromatic heterocycles. The molecule has 0 unspecified atom stereocenters. The molecule has 0 aliphatic carbocycles. The Balaban J connectivity index is 2.09. The number of nitrogens with zero attached hydrogens (tertiary/aromatic N) is 1. The zero-order valence-electron chi connectivity index (χ0n) is 9.49. The molecule has 0 amide bonds. The molecule has 1 aromatic rings. The Morgan fingerprint density at radius 3 is 2.50 bits per heavy atom. The van der Waals surface area contributed by atoms with E-state index >= 15 is 0 Å². The molecular formula is C10H13F2N3O2S. The van der Waals surface area contributed by atoms with Crippen LogP contribution < -0.4 is 11.1 Å². The molecule has 8 heteroatoms. The number of sulfone groups is 1. The lowest BCUT2D eigenvalue weighted by atomic mass is 10.1. The first-order chi connectivity index (χ1) is 8.37. The van der Waals surface area contributed by atoms with Crippen LogP contribution in [0, 0.1) is 11.6 Å². The van der Waals surface area contributed by atoms with E-state index < -0.39 is 21.5 Å². The van der Waals surface area contributed by atoms with Gasteiger partial charge >= 0.3 is 0 Å². The van der Waals surface area contributed by atoms with E-state index in [2.05, 4.69) is 10.3 Å². The van der Waals surface area contributed by atoms with Crippen molar-refractivity contribution < 1.29 is 17.2 Å². The summed E-state index contributed by atoms with van der Waals surface area (Å²) in [6.07, 6.45) is 0.751. The maximum absolute atomic E-state index is 13.4. The zero-order chi connectivity index (χ0) is 13.3. The number of nitrogens with two attached hydrogens (primary N) is 1. The van der Waals surface area contributed by atoms with Crippen molar-refractivity contribution in [2.24, 2.45) is 0 Å². The highest BCUT2D eigenvalue weighted by Gasteiger charge is 2.24. The number of pyridine rings is 1. The minimum atomic E-state index is -2.97. The van der Waals surface area contributed by atoms with Gasteiger partial charge in [-0.05, 0) is 12.8 Å². The van der Waals surface area contributed by atoms with Gasteiger partial charge in [-0.15, -0.1) is 0 Å². The summed E-state index contributed by atoms with van der Waals surface area (Å²) < 4.78 is 48.8. The molecule has 0 radical (unpaired) electrons. The van der Waals surface area contributed by atoms with E-state index in [1.807, 2.05) is 0 Å². The summed E-state index contributed by atoms with van der Waals surface area (Å²) in [6, 6.07) is 0.463. The predicted octanol–water partition coefficient (Wildman–Crippen LogP) is 0.931. The van der Waals surface area contributed by atoms with Crippen molar-refractivity contribution in [3.8, 4) is 0 Å². The number of hydrogen-bond donors (Lipinski definition) is 2. The van der Waals surface area contributed by atoms with Gasteiger partial charge in [0, 0.05) is 12.1 Å². The van der Waals surface area contributed by atoms with Crippen LogP contribution in [-0.4, -0.2) is 30.9 Å². The summed E-state index contributed by atoms with van der Waals surface area (Å²) in [7, 11) is -2.97. The van der Waals surface area contributed by atoms with Gasteiger partial charge in [0.05, 0.1) is 11.5 Å². The van der Waals surface area contributed by atoms with E-state index in [9.17, 15) is 17.2 Å². The third-order valence-electron chi connectivity index (χ3n) is 2.85. The first-order valence-electron chi connectivity index (χ1n) is 5.46. The number of hydrogen-bond acceptors (Lipinski definition) is 5. The Hall–Kier alpha value is -1.44. The van der Waals surface area contributed by atoms with Crippen molar-refractivity contribution in [2.45, 2.75) is 18.9 Å². The van der Waals surface area contributed by atoms with Crippen LogP contribution in [0.5, 0.6) is 0 Å². The number of aromatic nitrogens is 1. The molecule has 0 aromatic carbocycles. The molecule has 100 valence electrons. The van der Waals surface area contributed by atoms with Crippen LogP contribution in [0.25, 0.3) is 0 Å². The number of halogens is 2. The van der Waals surface area contributed by atoms with Gasteiger partial charge in [-0.3, -0.25) is 0 Å². The van der Waals surface area contributed by atoms with Crippen molar-refractivity contribution in [1.29, 1.82) is 0 Å². The Morgan fingerprint density at radius 2 is 1.89 bits per heavy atom. The topological polar surface area (TPSA) is 85.1 Å². The second-order valence-corrected chi connectivity index (χ2v) is 6.56. The van der Waals surface area contributed by atoms with E-state index in [0.29, 0.717) is 18.9 Å².